The molecule has 0 radical (unpaired) electrons. The van der Waals surface area contributed by atoms with Crippen molar-refractivity contribution in [2.75, 3.05) is 13.2 Å². The summed E-state index contributed by atoms with van der Waals surface area (Å²) in [5, 5.41) is 21.1. The van der Waals surface area contributed by atoms with Crippen LogP contribution in [0.25, 0.3) is 6.08 Å². The highest BCUT2D eigenvalue weighted by Gasteiger charge is 2.32. The zero-order valence-corrected chi connectivity index (χ0v) is 16.7. The van der Waals surface area contributed by atoms with Crippen LogP contribution in [0.4, 0.5) is 11.4 Å². The highest BCUT2D eigenvalue weighted by Crippen LogP contribution is 2.35. The standard InChI is InChI=1S/C20H19N3O5S/c1-3-22-19(25)18(12-13-5-10-17(24)16(11-13)23(26)27)29-20(22)21-14-6-8-15(9-7-14)28-4-2/h5-12,24H,3-4H2,1-2H3/b18-12+,21-20?. The molecule has 0 saturated carbocycles. The summed E-state index contributed by atoms with van der Waals surface area (Å²) in [4.78, 5) is 29.6. The zero-order valence-electron chi connectivity index (χ0n) is 15.9. The number of likely N-dealkylation sites (N-methyl/N-ethyl adjacent to an activating group) is 1. The van der Waals surface area contributed by atoms with Gasteiger partial charge in [-0.15, -0.1) is 0 Å². The predicted molar refractivity (Wildman–Crippen MR) is 112 cm³/mol. The van der Waals surface area contributed by atoms with Gasteiger partial charge < -0.3 is 9.84 Å². The van der Waals surface area contributed by atoms with Crippen LogP contribution in [-0.4, -0.2) is 39.2 Å². The first-order valence-electron chi connectivity index (χ1n) is 8.93. The van der Waals surface area contributed by atoms with Crippen LogP contribution in [0.1, 0.15) is 19.4 Å². The lowest BCUT2D eigenvalue weighted by atomic mass is 10.1. The average molecular weight is 413 g/mol. The van der Waals surface area contributed by atoms with Gasteiger partial charge in [0.25, 0.3) is 5.91 Å². The Balaban J connectivity index is 1.89. The van der Waals surface area contributed by atoms with Gasteiger partial charge in [0.05, 0.1) is 22.1 Å². The number of rotatable bonds is 6. The molecule has 0 bridgehead atoms. The van der Waals surface area contributed by atoms with Crippen molar-refractivity contribution in [2.24, 2.45) is 4.99 Å². The van der Waals surface area contributed by atoms with E-state index in [9.17, 15) is 20.0 Å². The molecule has 9 heteroatoms. The first kappa shape index (κ1) is 20.4. The van der Waals surface area contributed by atoms with Crippen LogP contribution in [0.2, 0.25) is 0 Å². The number of hydrogen-bond acceptors (Lipinski definition) is 7. The number of hydrogen-bond donors (Lipinski definition) is 1. The fourth-order valence-electron chi connectivity index (χ4n) is 2.69. The van der Waals surface area contributed by atoms with Gasteiger partial charge in [-0.05, 0) is 67.6 Å². The molecule has 2 aromatic carbocycles. The largest absolute Gasteiger partial charge is 0.502 e. The number of nitro groups is 1. The summed E-state index contributed by atoms with van der Waals surface area (Å²) in [7, 11) is 0. The SMILES string of the molecule is CCOc1ccc(N=C2S/C(=C/c3ccc(O)c([N+](=O)[O-])c3)C(=O)N2CC)cc1. The summed E-state index contributed by atoms with van der Waals surface area (Å²) in [6.07, 6.45) is 1.56. The molecule has 1 heterocycles. The van der Waals surface area contributed by atoms with E-state index in [4.69, 9.17) is 4.74 Å². The van der Waals surface area contributed by atoms with Gasteiger partial charge in [0.1, 0.15) is 5.75 Å². The maximum Gasteiger partial charge on any atom is 0.311 e. The Hall–Kier alpha value is -3.33. The third kappa shape index (κ3) is 4.57. The number of ether oxygens (including phenoxy) is 1. The van der Waals surface area contributed by atoms with Crippen molar-refractivity contribution in [3.63, 3.8) is 0 Å². The molecule has 2 aromatic rings. The molecule has 150 valence electrons. The molecule has 1 fully saturated rings. The molecule has 0 unspecified atom stereocenters. The number of aromatic hydroxyl groups is 1. The third-order valence-electron chi connectivity index (χ3n) is 4.07. The number of amides is 1. The maximum absolute atomic E-state index is 12.7. The Kier molecular flexibility index (Phi) is 6.18. The van der Waals surface area contributed by atoms with Crippen LogP contribution in [0.5, 0.6) is 11.5 Å². The number of carbonyl (C=O) groups is 1. The van der Waals surface area contributed by atoms with E-state index in [0.717, 1.165) is 5.75 Å². The first-order valence-corrected chi connectivity index (χ1v) is 9.75. The number of nitro benzene ring substituents is 1. The lowest BCUT2D eigenvalue weighted by Gasteiger charge is -2.12. The van der Waals surface area contributed by atoms with E-state index in [1.54, 1.807) is 11.0 Å². The molecule has 8 nitrogen and oxygen atoms in total. The van der Waals surface area contributed by atoms with Gasteiger partial charge in [-0.2, -0.15) is 0 Å². The molecule has 1 amide bonds. The quantitative estimate of drug-likeness (QED) is 0.429. The second-order valence-electron chi connectivity index (χ2n) is 5.99. The van der Waals surface area contributed by atoms with E-state index in [0.29, 0.717) is 34.5 Å². The van der Waals surface area contributed by atoms with Crippen LogP contribution in [0.15, 0.2) is 52.4 Å². The molecule has 1 N–H and O–H groups in total. The Labute approximate surface area is 171 Å². The molecule has 0 aliphatic carbocycles. The van der Waals surface area contributed by atoms with Gasteiger partial charge in [-0.1, -0.05) is 6.07 Å². The minimum absolute atomic E-state index is 0.224. The number of phenols is 1. The molecule has 1 aliphatic rings. The number of carbonyl (C=O) groups excluding carboxylic acids is 1. The van der Waals surface area contributed by atoms with Gasteiger partial charge in [0, 0.05) is 12.6 Å². The van der Waals surface area contributed by atoms with Crippen molar-refractivity contribution in [3.05, 3.63) is 63.0 Å². The van der Waals surface area contributed by atoms with Crippen LogP contribution in [0.3, 0.4) is 0 Å². The topological polar surface area (TPSA) is 105 Å². The van der Waals surface area contributed by atoms with E-state index in [2.05, 4.69) is 4.99 Å². The highest BCUT2D eigenvalue weighted by atomic mass is 32.2. The molecular weight excluding hydrogens is 394 g/mol. The average Bonchev–Trinajstić information content (AvgIpc) is 2.99. The van der Waals surface area contributed by atoms with Gasteiger partial charge in [0.2, 0.25) is 0 Å². The number of aliphatic imine (C=N–C) groups is 1. The second kappa shape index (κ2) is 8.78. The van der Waals surface area contributed by atoms with Crippen molar-refractivity contribution in [1.82, 2.24) is 4.90 Å². The van der Waals surface area contributed by atoms with Crippen molar-refractivity contribution < 1.29 is 19.6 Å². The summed E-state index contributed by atoms with van der Waals surface area (Å²) in [5.74, 6) is 0.0989. The smallest absolute Gasteiger partial charge is 0.311 e. The number of phenolic OH excluding ortho intramolecular Hbond substituents is 1. The summed E-state index contributed by atoms with van der Waals surface area (Å²) in [5.41, 5.74) is 0.720. The summed E-state index contributed by atoms with van der Waals surface area (Å²) in [6.45, 7) is 4.77. The number of nitrogens with zero attached hydrogens (tertiary/aromatic N) is 3. The summed E-state index contributed by atoms with van der Waals surface area (Å²) < 4.78 is 5.42. The van der Waals surface area contributed by atoms with Gasteiger partial charge in [0.15, 0.2) is 10.9 Å². The molecule has 0 aromatic heterocycles. The monoisotopic (exact) mass is 413 g/mol. The lowest BCUT2D eigenvalue weighted by Crippen LogP contribution is -2.28. The van der Waals surface area contributed by atoms with Crippen molar-refractivity contribution in [1.29, 1.82) is 0 Å². The minimum Gasteiger partial charge on any atom is -0.502 e. The fraction of sp³-hybridized carbons (Fsp3) is 0.200. The van der Waals surface area contributed by atoms with E-state index < -0.39 is 16.4 Å². The van der Waals surface area contributed by atoms with Crippen LogP contribution < -0.4 is 4.74 Å². The lowest BCUT2D eigenvalue weighted by molar-refractivity contribution is -0.385. The Morgan fingerprint density at radius 2 is 1.97 bits per heavy atom. The molecule has 0 atom stereocenters. The van der Waals surface area contributed by atoms with E-state index in [1.807, 2.05) is 38.1 Å². The Morgan fingerprint density at radius 3 is 2.59 bits per heavy atom. The van der Waals surface area contributed by atoms with E-state index in [-0.39, 0.29) is 5.91 Å². The minimum atomic E-state index is -0.669. The third-order valence-corrected chi connectivity index (χ3v) is 5.08. The van der Waals surface area contributed by atoms with Crippen LogP contribution in [0, 0.1) is 10.1 Å². The Bertz CT molecular complexity index is 1000. The van der Waals surface area contributed by atoms with Crippen LogP contribution in [-0.2, 0) is 4.79 Å². The number of thioether (sulfide) groups is 1. The summed E-state index contributed by atoms with van der Waals surface area (Å²) in [6, 6.07) is 11.2. The normalized spacial score (nSPS) is 16.6. The molecule has 29 heavy (non-hydrogen) atoms. The highest BCUT2D eigenvalue weighted by molar-refractivity contribution is 8.18. The molecule has 0 spiro atoms. The number of amidine groups is 1. The van der Waals surface area contributed by atoms with Crippen molar-refractivity contribution >= 4 is 40.3 Å². The predicted octanol–water partition coefficient (Wildman–Crippen LogP) is 4.32. The Morgan fingerprint density at radius 1 is 1.24 bits per heavy atom. The summed E-state index contributed by atoms with van der Waals surface area (Å²) >= 11 is 1.20. The fourth-order valence-corrected chi connectivity index (χ4v) is 3.75. The molecular formula is C20H19N3O5S. The van der Waals surface area contributed by atoms with Crippen LogP contribution >= 0.6 is 11.8 Å². The van der Waals surface area contributed by atoms with E-state index >= 15 is 0 Å². The van der Waals surface area contributed by atoms with Gasteiger partial charge >= 0.3 is 5.69 Å². The second-order valence-corrected chi connectivity index (χ2v) is 7.00. The first-order chi connectivity index (χ1) is 13.9. The molecule has 1 aliphatic heterocycles. The van der Waals surface area contributed by atoms with E-state index in [1.165, 1.54) is 30.0 Å². The van der Waals surface area contributed by atoms with Gasteiger partial charge in [-0.3, -0.25) is 19.8 Å². The molecule has 1 saturated heterocycles. The zero-order chi connectivity index (χ0) is 21.0. The van der Waals surface area contributed by atoms with Crippen molar-refractivity contribution in [2.45, 2.75) is 13.8 Å². The van der Waals surface area contributed by atoms with Gasteiger partial charge in [-0.25, -0.2) is 4.99 Å². The number of benzene rings is 2. The molecule has 3 rings (SSSR count). The van der Waals surface area contributed by atoms with Crippen molar-refractivity contribution in [3.8, 4) is 11.5 Å². The maximum atomic E-state index is 12.7.